The van der Waals surface area contributed by atoms with E-state index in [1.807, 2.05) is 77.6 Å². The number of carbonyl (C=O) groups excluding carboxylic acids is 1. The third kappa shape index (κ3) is 5.46. The minimum Gasteiger partial charge on any atom is -0.490 e. The molecule has 0 unspecified atom stereocenters. The molecule has 0 saturated heterocycles. The number of thiazole rings is 1. The normalized spacial score (nSPS) is 15.1. The SMILES string of the molecule is C=CCOc1ccc([C@@H]2C(C(=O)OCC)=C(C)N=c3s/c(=C\c4ccn(-c5ccc(Br)cc5)c4)c(=O)n32)cc1. The molecule has 2 aromatic heterocycles. The molecule has 0 saturated carbocycles. The van der Waals surface area contributed by atoms with Crippen molar-refractivity contribution in [2.75, 3.05) is 13.2 Å². The fraction of sp³-hybridized carbons (Fsp3) is 0.167. The van der Waals surface area contributed by atoms with Crippen LogP contribution in [0.5, 0.6) is 5.75 Å². The largest absolute Gasteiger partial charge is 0.490 e. The first-order valence-corrected chi connectivity index (χ1v) is 14.0. The average molecular weight is 605 g/mol. The summed E-state index contributed by atoms with van der Waals surface area (Å²) in [6.45, 7) is 7.80. The number of benzene rings is 2. The van der Waals surface area contributed by atoms with Crippen LogP contribution in [-0.4, -0.2) is 28.3 Å². The van der Waals surface area contributed by atoms with Crippen LogP contribution in [-0.2, 0) is 9.53 Å². The topological polar surface area (TPSA) is 74.8 Å². The molecule has 0 spiro atoms. The van der Waals surface area contributed by atoms with Gasteiger partial charge in [-0.25, -0.2) is 9.79 Å². The molecule has 0 aliphatic carbocycles. The second-order valence-electron chi connectivity index (χ2n) is 8.80. The Morgan fingerprint density at radius 2 is 1.90 bits per heavy atom. The van der Waals surface area contributed by atoms with Gasteiger partial charge < -0.3 is 14.0 Å². The Balaban J connectivity index is 1.59. The number of hydrogen-bond acceptors (Lipinski definition) is 6. The maximum atomic E-state index is 13.8. The molecule has 7 nitrogen and oxygen atoms in total. The fourth-order valence-electron chi connectivity index (χ4n) is 4.43. The molecule has 0 bridgehead atoms. The van der Waals surface area contributed by atoms with Crippen molar-refractivity contribution in [3.8, 4) is 11.4 Å². The van der Waals surface area contributed by atoms with Gasteiger partial charge in [-0.1, -0.05) is 52.1 Å². The first-order valence-electron chi connectivity index (χ1n) is 12.4. The monoisotopic (exact) mass is 603 g/mol. The van der Waals surface area contributed by atoms with E-state index < -0.39 is 12.0 Å². The van der Waals surface area contributed by atoms with E-state index in [2.05, 4.69) is 27.5 Å². The van der Waals surface area contributed by atoms with Gasteiger partial charge in [-0.05, 0) is 73.5 Å². The highest BCUT2D eigenvalue weighted by Crippen LogP contribution is 2.31. The summed E-state index contributed by atoms with van der Waals surface area (Å²) in [7, 11) is 0. The van der Waals surface area contributed by atoms with Crippen LogP contribution in [0.15, 0.2) is 105 Å². The quantitative estimate of drug-likeness (QED) is 0.212. The maximum absolute atomic E-state index is 13.8. The molecule has 0 amide bonds. The van der Waals surface area contributed by atoms with Crippen molar-refractivity contribution in [3.05, 3.63) is 126 Å². The minimum absolute atomic E-state index is 0.219. The summed E-state index contributed by atoms with van der Waals surface area (Å²) in [4.78, 5) is 32.1. The molecule has 1 atom stereocenters. The number of rotatable bonds is 8. The van der Waals surface area contributed by atoms with Crippen LogP contribution < -0.4 is 19.6 Å². The van der Waals surface area contributed by atoms with Crippen LogP contribution >= 0.6 is 27.3 Å². The summed E-state index contributed by atoms with van der Waals surface area (Å²) in [6.07, 6.45) is 7.44. The van der Waals surface area contributed by atoms with Gasteiger partial charge in [0.15, 0.2) is 4.80 Å². The molecule has 198 valence electrons. The van der Waals surface area contributed by atoms with E-state index in [9.17, 15) is 9.59 Å². The van der Waals surface area contributed by atoms with E-state index in [1.165, 1.54) is 11.3 Å². The summed E-state index contributed by atoms with van der Waals surface area (Å²) in [5.74, 6) is 0.177. The van der Waals surface area contributed by atoms with Crippen molar-refractivity contribution in [1.82, 2.24) is 9.13 Å². The molecule has 1 aliphatic rings. The molecule has 0 fully saturated rings. The van der Waals surface area contributed by atoms with Gasteiger partial charge in [-0.2, -0.15) is 0 Å². The van der Waals surface area contributed by atoms with Crippen molar-refractivity contribution in [2.45, 2.75) is 19.9 Å². The van der Waals surface area contributed by atoms with Crippen molar-refractivity contribution in [2.24, 2.45) is 4.99 Å². The molecule has 9 heteroatoms. The lowest BCUT2D eigenvalue weighted by molar-refractivity contribution is -0.139. The number of fused-ring (bicyclic) bond motifs is 1. The number of halogens is 1. The Morgan fingerprint density at radius 1 is 1.15 bits per heavy atom. The fourth-order valence-corrected chi connectivity index (χ4v) is 5.74. The predicted molar refractivity (Wildman–Crippen MR) is 156 cm³/mol. The highest BCUT2D eigenvalue weighted by atomic mass is 79.9. The van der Waals surface area contributed by atoms with Gasteiger partial charge in [0.2, 0.25) is 0 Å². The average Bonchev–Trinajstić information content (AvgIpc) is 3.52. The highest BCUT2D eigenvalue weighted by Gasteiger charge is 2.33. The summed E-state index contributed by atoms with van der Waals surface area (Å²) >= 11 is 4.76. The zero-order valence-corrected chi connectivity index (χ0v) is 23.9. The summed E-state index contributed by atoms with van der Waals surface area (Å²) in [5, 5.41) is 0. The summed E-state index contributed by atoms with van der Waals surface area (Å²) in [6, 6.07) is 16.6. The molecule has 5 rings (SSSR count). The molecular weight excluding hydrogens is 578 g/mol. The van der Waals surface area contributed by atoms with E-state index in [0.29, 0.717) is 33.0 Å². The number of hydrogen-bond donors (Lipinski definition) is 0. The summed E-state index contributed by atoms with van der Waals surface area (Å²) < 4.78 is 16.1. The predicted octanol–water partition coefficient (Wildman–Crippen LogP) is 4.92. The zero-order chi connectivity index (χ0) is 27.5. The van der Waals surface area contributed by atoms with Gasteiger partial charge in [0.25, 0.3) is 5.56 Å². The van der Waals surface area contributed by atoms with Gasteiger partial charge in [0, 0.05) is 22.6 Å². The second kappa shape index (κ2) is 11.4. The molecular formula is C30H26BrN3O4S. The Morgan fingerprint density at radius 3 is 2.59 bits per heavy atom. The van der Waals surface area contributed by atoms with Crippen molar-refractivity contribution in [3.63, 3.8) is 0 Å². The van der Waals surface area contributed by atoms with E-state index >= 15 is 0 Å². The van der Waals surface area contributed by atoms with Gasteiger partial charge in [-0.3, -0.25) is 9.36 Å². The van der Waals surface area contributed by atoms with Crippen LogP contribution in [0.4, 0.5) is 0 Å². The van der Waals surface area contributed by atoms with Crippen LogP contribution in [0, 0.1) is 0 Å². The van der Waals surface area contributed by atoms with Crippen LogP contribution in [0.3, 0.4) is 0 Å². The lowest BCUT2D eigenvalue weighted by atomic mass is 9.96. The third-order valence-electron chi connectivity index (χ3n) is 6.22. The number of allylic oxidation sites excluding steroid dienone is 1. The smallest absolute Gasteiger partial charge is 0.338 e. The Hall–Kier alpha value is -3.95. The Kier molecular flexibility index (Phi) is 7.81. The Bertz CT molecular complexity index is 1750. The molecule has 0 radical (unpaired) electrons. The first-order chi connectivity index (χ1) is 18.9. The second-order valence-corrected chi connectivity index (χ2v) is 10.7. The zero-order valence-electron chi connectivity index (χ0n) is 21.5. The van der Waals surface area contributed by atoms with Gasteiger partial charge in [-0.15, -0.1) is 0 Å². The number of aromatic nitrogens is 2. The van der Waals surface area contributed by atoms with Crippen molar-refractivity contribution in [1.29, 1.82) is 0 Å². The molecule has 1 aliphatic heterocycles. The van der Waals surface area contributed by atoms with Crippen molar-refractivity contribution >= 4 is 39.3 Å². The van der Waals surface area contributed by atoms with E-state index in [4.69, 9.17) is 9.47 Å². The van der Waals surface area contributed by atoms with Gasteiger partial charge in [0.1, 0.15) is 12.4 Å². The van der Waals surface area contributed by atoms with Gasteiger partial charge in [0.05, 0.1) is 28.5 Å². The van der Waals surface area contributed by atoms with Crippen LogP contribution in [0.2, 0.25) is 0 Å². The maximum Gasteiger partial charge on any atom is 0.338 e. The van der Waals surface area contributed by atoms with Crippen LogP contribution in [0.1, 0.15) is 31.0 Å². The van der Waals surface area contributed by atoms with E-state index in [-0.39, 0.29) is 12.2 Å². The lowest BCUT2D eigenvalue weighted by Gasteiger charge is -2.24. The number of carbonyl (C=O) groups is 1. The number of ether oxygens (including phenoxy) is 2. The minimum atomic E-state index is -0.678. The number of nitrogens with zero attached hydrogens (tertiary/aromatic N) is 3. The molecule has 2 aromatic carbocycles. The highest BCUT2D eigenvalue weighted by molar-refractivity contribution is 9.10. The van der Waals surface area contributed by atoms with E-state index in [1.54, 1.807) is 24.5 Å². The van der Waals surface area contributed by atoms with E-state index in [0.717, 1.165) is 21.3 Å². The standard InChI is InChI=1S/C30H26BrN3O4S/c1-4-16-38-24-12-6-21(7-13-24)27-26(29(36)37-5-2)19(3)32-30-34(27)28(35)25(39-30)17-20-14-15-33(18-20)23-10-8-22(31)9-11-23/h4,6-15,17-18,27H,1,5,16H2,2-3H3/b25-17-/t27-/m1/s1. The van der Waals surface area contributed by atoms with Crippen molar-refractivity contribution < 1.29 is 14.3 Å². The number of esters is 1. The Labute approximate surface area is 237 Å². The molecule has 4 aromatic rings. The molecule has 3 heterocycles. The van der Waals surface area contributed by atoms with Crippen LogP contribution in [0.25, 0.3) is 11.8 Å². The lowest BCUT2D eigenvalue weighted by Crippen LogP contribution is -2.39. The molecule has 39 heavy (non-hydrogen) atoms. The third-order valence-corrected chi connectivity index (χ3v) is 7.73. The van der Waals surface area contributed by atoms with Gasteiger partial charge >= 0.3 is 5.97 Å². The summed E-state index contributed by atoms with van der Waals surface area (Å²) in [5.41, 5.74) is 3.30. The first kappa shape index (κ1) is 26.6. The molecule has 0 N–H and O–H groups in total.